The van der Waals surface area contributed by atoms with E-state index in [2.05, 4.69) is 85.9 Å². The Morgan fingerprint density at radius 3 is 2.65 bits per heavy atom. The molecule has 0 bridgehead atoms. The summed E-state index contributed by atoms with van der Waals surface area (Å²) in [6.45, 7) is 6.94. The van der Waals surface area contributed by atoms with E-state index < -0.39 is 0 Å². The maximum Gasteiger partial charge on any atom is 0.409 e. The molecule has 0 saturated heterocycles. The number of aryl methyl sites for hydroxylation is 3. The molecule has 0 unspecified atom stereocenters. The van der Waals surface area contributed by atoms with Gasteiger partial charge < -0.3 is 0 Å². The average Bonchev–Trinajstić information content (AvgIpc) is 2.44. The third-order valence-electron chi connectivity index (χ3n) is 4.26. The summed E-state index contributed by atoms with van der Waals surface area (Å²) in [7, 11) is 2.11. The molecule has 2 heterocycles. The molecular weight excluding hydrogens is 243 g/mol. The van der Waals surface area contributed by atoms with Crippen molar-refractivity contribution in [3.05, 3.63) is 59.4 Å². The van der Waals surface area contributed by atoms with Crippen molar-refractivity contribution in [1.82, 2.24) is 0 Å². The first-order chi connectivity index (χ1) is 9.58. The van der Waals surface area contributed by atoms with Crippen molar-refractivity contribution in [2.24, 2.45) is 7.05 Å². The predicted octanol–water partition coefficient (Wildman–Crippen LogP) is 2.45. The van der Waals surface area contributed by atoms with Gasteiger partial charge in [0.25, 0.3) is 5.82 Å². The molecule has 20 heavy (non-hydrogen) atoms. The summed E-state index contributed by atoms with van der Waals surface area (Å²) >= 11 is 0. The second-order valence-electron chi connectivity index (χ2n) is 5.64. The SMILES string of the molecule is CB1c2ccccc2C=CN1c1cc(C)c(C)c[n+]1C. The average molecular weight is 263 g/mol. The Bertz CT molecular complexity index is 691. The summed E-state index contributed by atoms with van der Waals surface area (Å²) in [6, 6.07) is 10.9. The number of fused-ring (bicyclic) bond motifs is 1. The number of hydrogen-bond acceptors (Lipinski definition) is 1. The molecule has 3 heteroatoms. The summed E-state index contributed by atoms with van der Waals surface area (Å²) in [6.07, 6.45) is 6.59. The number of nitrogens with zero attached hydrogens (tertiary/aromatic N) is 2. The van der Waals surface area contributed by atoms with Crippen LogP contribution in [-0.2, 0) is 7.05 Å². The molecule has 2 nitrogen and oxygen atoms in total. The summed E-state index contributed by atoms with van der Waals surface area (Å²) < 4.78 is 2.21. The lowest BCUT2D eigenvalue weighted by molar-refractivity contribution is -0.658. The smallest absolute Gasteiger partial charge is 0.293 e. The van der Waals surface area contributed by atoms with E-state index in [0.717, 1.165) is 0 Å². The van der Waals surface area contributed by atoms with Crippen LogP contribution in [0, 0.1) is 13.8 Å². The van der Waals surface area contributed by atoms with Crippen molar-refractivity contribution in [2.45, 2.75) is 20.7 Å². The van der Waals surface area contributed by atoms with Gasteiger partial charge in [-0.25, -0.2) is 4.57 Å². The summed E-state index contributed by atoms with van der Waals surface area (Å²) in [5, 5.41) is 0. The van der Waals surface area contributed by atoms with E-state index in [0.29, 0.717) is 6.85 Å². The Morgan fingerprint density at radius 2 is 1.85 bits per heavy atom. The molecule has 0 fully saturated rings. The quantitative estimate of drug-likeness (QED) is 0.566. The largest absolute Gasteiger partial charge is 0.409 e. The molecule has 0 saturated carbocycles. The zero-order valence-electron chi connectivity index (χ0n) is 12.6. The van der Waals surface area contributed by atoms with Crippen molar-refractivity contribution in [3.8, 4) is 0 Å². The van der Waals surface area contributed by atoms with Crippen LogP contribution in [0.4, 0.5) is 5.82 Å². The number of aromatic nitrogens is 1. The van der Waals surface area contributed by atoms with E-state index in [9.17, 15) is 0 Å². The number of hydrogen-bond donors (Lipinski definition) is 0. The van der Waals surface area contributed by atoms with Gasteiger partial charge in [-0.1, -0.05) is 24.3 Å². The minimum atomic E-state index is 0.351. The van der Waals surface area contributed by atoms with Crippen LogP contribution in [0.5, 0.6) is 0 Å². The third kappa shape index (κ3) is 2.03. The maximum absolute atomic E-state index is 2.34. The maximum atomic E-state index is 2.34. The van der Waals surface area contributed by atoms with E-state index in [1.807, 2.05) is 0 Å². The van der Waals surface area contributed by atoms with Gasteiger partial charge in [-0.15, -0.1) is 0 Å². The lowest BCUT2D eigenvalue weighted by atomic mass is 9.54. The van der Waals surface area contributed by atoms with Crippen LogP contribution in [0.25, 0.3) is 6.08 Å². The molecule has 0 aliphatic carbocycles. The Labute approximate surface area is 121 Å². The van der Waals surface area contributed by atoms with Crippen LogP contribution in [0.15, 0.2) is 42.7 Å². The molecule has 1 aliphatic heterocycles. The molecule has 0 radical (unpaired) electrons. The zero-order valence-corrected chi connectivity index (χ0v) is 12.6. The Morgan fingerprint density at radius 1 is 1.10 bits per heavy atom. The van der Waals surface area contributed by atoms with Crippen LogP contribution < -0.4 is 14.8 Å². The highest BCUT2D eigenvalue weighted by atomic mass is 15.2. The normalized spacial score (nSPS) is 13.6. The van der Waals surface area contributed by atoms with E-state index in [1.165, 1.54) is 28.0 Å². The molecule has 3 rings (SSSR count). The fourth-order valence-corrected chi connectivity index (χ4v) is 2.88. The fraction of sp³-hybridized carbons (Fsp3) is 0.235. The van der Waals surface area contributed by atoms with Crippen molar-refractivity contribution in [2.75, 3.05) is 4.81 Å². The summed E-state index contributed by atoms with van der Waals surface area (Å²) in [4.78, 5) is 2.34. The monoisotopic (exact) mass is 263 g/mol. The highest BCUT2D eigenvalue weighted by Gasteiger charge is 2.33. The van der Waals surface area contributed by atoms with E-state index in [1.54, 1.807) is 0 Å². The van der Waals surface area contributed by atoms with Gasteiger partial charge >= 0.3 is 6.85 Å². The first kappa shape index (κ1) is 13.0. The van der Waals surface area contributed by atoms with Gasteiger partial charge in [0.1, 0.15) is 0 Å². The highest BCUT2D eigenvalue weighted by Crippen LogP contribution is 2.19. The number of rotatable bonds is 1. The molecule has 0 N–H and O–H groups in total. The van der Waals surface area contributed by atoms with Gasteiger partial charge in [0, 0.05) is 6.07 Å². The van der Waals surface area contributed by atoms with Crippen LogP contribution in [0.3, 0.4) is 0 Å². The Hall–Kier alpha value is -2.03. The van der Waals surface area contributed by atoms with Gasteiger partial charge in [0.2, 0.25) is 0 Å². The van der Waals surface area contributed by atoms with E-state index in [4.69, 9.17) is 0 Å². The number of pyridine rings is 1. The second-order valence-corrected chi connectivity index (χ2v) is 5.64. The van der Waals surface area contributed by atoms with Gasteiger partial charge in [-0.05, 0) is 48.9 Å². The predicted molar refractivity (Wildman–Crippen MR) is 86.3 cm³/mol. The summed E-state index contributed by atoms with van der Waals surface area (Å²) in [5.41, 5.74) is 5.36. The molecule has 0 amide bonds. The minimum absolute atomic E-state index is 0.351. The standard InChI is InChI=1S/C17H20BN2/c1-13-11-17(19(4)12-14(13)2)20-10-9-15-7-5-6-8-16(15)18(20)3/h5-12H,1-4H3/q+1. The molecule has 2 aromatic rings. The molecule has 0 spiro atoms. The van der Waals surface area contributed by atoms with Crippen LogP contribution >= 0.6 is 0 Å². The molecule has 0 atom stereocenters. The second kappa shape index (κ2) is 4.82. The third-order valence-corrected chi connectivity index (χ3v) is 4.26. The lowest BCUT2D eigenvalue weighted by Gasteiger charge is -2.24. The van der Waals surface area contributed by atoms with Crippen LogP contribution in [-0.4, -0.2) is 6.85 Å². The first-order valence-corrected chi connectivity index (χ1v) is 7.10. The van der Waals surface area contributed by atoms with Crippen LogP contribution in [0.2, 0.25) is 6.82 Å². The van der Waals surface area contributed by atoms with Gasteiger partial charge in [0.05, 0.1) is 19.4 Å². The highest BCUT2D eigenvalue weighted by molar-refractivity contribution is 6.77. The minimum Gasteiger partial charge on any atom is -0.293 e. The molecule has 1 aliphatic rings. The molecule has 100 valence electrons. The Balaban J connectivity index is 2.08. The summed E-state index contributed by atoms with van der Waals surface area (Å²) in [5.74, 6) is 1.23. The Kier molecular flexibility index (Phi) is 3.13. The van der Waals surface area contributed by atoms with E-state index >= 15 is 0 Å². The first-order valence-electron chi connectivity index (χ1n) is 7.10. The van der Waals surface area contributed by atoms with Crippen molar-refractivity contribution < 1.29 is 4.57 Å². The topological polar surface area (TPSA) is 7.12 Å². The number of anilines is 1. The molecule has 1 aromatic heterocycles. The van der Waals surface area contributed by atoms with E-state index in [-0.39, 0.29) is 0 Å². The number of benzene rings is 1. The van der Waals surface area contributed by atoms with Crippen LogP contribution in [0.1, 0.15) is 16.7 Å². The van der Waals surface area contributed by atoms with Crippen molar-refractivity contribution >= 4 is 24.2 Å². The van der Waals surface area contributed by atoms with Gasteiger partial charge in [-0.3, -0.25) is 4.81 Å². The van der Waals surface area contributed by atoms with Gasteiger partial charge in [-0.2, -0.15) is 0 Å². The lowest BCUT2D eigenvalue weighted by Crippen LogP contribution is -2.51. The van der Waals surface area contributed by atoms with Gasteiger partial charge in [0.15, 0.2) is 0 Å². The molecular formula is C17H20BN2+. The fourth-order valence-electron chi connectivity index (χ4n) is 2.88. The van der Waals surface area contributed by atoms with Crippen molar-refractivity contribution in [3.63, 3.8) is 0 Å². The molecule has 1 aromatic carbocycles. The zero-order chi connectivity index (χ0) is 14.3. The van der Waals surface area contributed by atoms with Crippen molar-refractivity contribution in [1.29, 1.82) is 0 Å².